The number of amides is 1. The van der Waals surface area contributed by atoms with E-state index in [2.05, 4.69) is 42.7 Å². The van der Waals surface area contributed by atoms with E-state index in [1.807, 2.05) is 29.5 Å². The number of anilines is 1. The first kappa shape index (κ1) is 23.3. The predicted molar refractivity (Wildman–Crippen MR) is 141 cm³/mol. The smallest absolute Gasteiger partial charge is 0.230 e. The Kier molecular flexibility index (Phi) is 6.87. The standard InChI is InChI=1S/C28H36N4OS/c1-4-21(20-11-7-5-8-12-20)28(33)32-17-15-31(16-18-32)26-24-22-13-9-6-10-14-23(22)34-27(24)30-25(29-26)19(2)3/h5,7-8,11-12,19,21H,4,6,9-10,13-18H2,1-3H3. The van der Waals surface area contributed by atoms with Gasteiger partial charge in [0.15, 0.2) is 0 Å². The summed E-state index contributed by atoms with van der Waals surface area (Å²) in [6.07, 6.45) is 6.98. The molecule has 2 aromatic heterocycles. The van der Waals surface area contributed by atoms with Crippen LogP contribution in [0.2, 0.25) is 0 Å². The number of carbonyl (C=O) groups is 1. The molecule has 2 aliphatic rings. The molecule has 5 nitrogen and oxygen atoms in total. The summed E-state index contributed by atoms with van der Waals surface area (Å²) in [4.78, 5) is 30.7. The molecular weight excluding hydrogens is 440 g/mol. The number of hydrogen-bond acceptors (Lipinski definition) is 5. The van der Waals surface area contributed by atoms with Crippen molar-refractivity contribution in [2.45, 2.75) is 71.1 Å². The lowest BCUT2D eigenvalue weighted by atomic mass is 9.95. The summed E-state index contributed by atoms with van der Waals surface area (Å²) in [7, 11) is 0. The molecule has 0 N–H and O–H groups in total. The molecule has 1 atom stereocenters. The number of nitrogens with zero attached hydrogens (tertiary/aromatic N) is 4. The molecule has 1 aromatic carbocycles. The first-order chi connectivity index (χ1) is 16.6. The van der Waals surface area contributed by atoms with Crippen LogP contribution >= 0.6 is 11.3 Å². The van der Waals surface area contributed by atoms with Crippen LogP contribution in [0.25, 0.3) is 10.2 Å². The maximum absolute atomic E-state index is 13.4. The third-order valence-corrected chi connectivity index (χ3v) is 8.56. The maximum Gasteiger partial charge on any atom is 0.230 e. The van der Waals surface area contributed by atoms with Crippen LogP contribution < -0.4 is 4.90 Å². The second-order valence-corrected chi connectivity index (χ2v) is 11.1. The van der Waals surface area contributed by atoms with Gasteiger partial charge in [-0.2, -0.15) is 0 Å². The van der Waals surface area contributed by atoms with Gasteiger partial charge in [0.05, 0.1) is 11.3 Å². The quantitative estimate of drug-likeness (QED) is 0.429. The minimum absolute atomic E-state index is 0.0568. The number of benzene rings is 1. The van der Waals surface area contributed by atoms with Crippen LogP contribution in [0.4, 0.5) is 5.82 Å². The molecule has 3 aromatic rings. The molecule has 3 heterocycles. The van der Waals surface area contributed by atoms with Gasteiger partial charge < -0.3 is 9.80 Å². The average molecular weight is 477 g/mol. The first-order valence-corrected chi connectivity index (χ1v) is 13.8. The Balaban J connectivity index is 1.41. The number of rotatable bonds is 5. The predicted octanol–water partition coefficient (Wildman–Crippen LogP) is 5.93. The molecule has 1 saturated heterocycles. The minimum Gasteiger partial charge on any atom is -0.352 e. The molecule has 1 aliphatic heterocycles. The van der Waals surface area contributed by atoms with Crippen molar-refractivity contribution in [2.75, 3.05) is 31.1 Å². The molecule has 5 rings (SSSR count). The first-order valence-electron chi connectivity index (χ1n) is 13.0. The number of fused-ring (bicyclic) bond motifs is 3. The second kappa shape index (κ2) is 10.0. The summed E-state index contributed by atoms with van der Waals surface area (Å²) >= 11 is 1.89. The zero-order valence-corrected chi connectivity index (χ0v) is 21.5. The Morgan fingerprint density at radius 2 is 1.74 bits per heavy atom. The van der Waals surface area contributed by atoms with Crippen LogP contribution in [0.3, 0.4) is 0 Å². The summed E-state index contributed by atoms with van der Waals surface area (Å²) in [5.41, 5.74) is 2.62. The highest BCUT2D eigenvalue weighted by Gasteiger charge is 2.30. The molecule has 1 fully saturated rings. The Morgan fingerprint density at radius 1 is 1.00 bits per heavy atom. The SMILES string of the molecule is CCC(C(=O)N1CCN(c2nc(C(C)C)nc3sc4c(c23)CCCCC4)CC1)c1ccccc1. The van der Waals surface area contributed by atoms with E-state index in [9.17, 15) is 4.79 Å². The summed E-state index contributed by atoms with van der Waals surface area (Å²) < 4.78 is 0. The minimum atomic E-state index is -0.0568. The van der Waals surface area contributed by atoms with Gasteiger partial charge in [0.2, 0.25) is 5.91 Å². The van der Waals surface area contributed by atoms with Gasteiger partial charge in [-0.3, -0.25) is 4.79 Å². The highest BCUT2D eigenvalue weighted by atomic mass is 32.1. The molecule has 1 aliphatic carbocycles. The lowest BCUT2D eigenvalue weighted by molar-refractivity contribution is -0.133. The van der Waals surface area contributed by atoms with E-state index >= 15 is 0 Å². The Hall–Kier alpha value is -2.47. The molecule has 180 valence electrons. The van der Waals surface area contributed by atoms with Crippen LogP contribution in [-0.2, 0) is 17.6 Å². The number of piperazine rings is 1. The van der Waals surface area contributed by atoms with Crippen LogP contribution in [0.1, 0.15) is 80.1 Å². The van der Waals surface area contributed by atoms with E-state index in [1.165, 1.54) is 41.5 Å². The molecule has 0 radical (unpaired) electrons. The van der Waals surface area contributed by atoms with Gasteiger partial charge in [-0.25, -0.2) is 9.97 Å². The van der Waals surface area contributed by atoms with Crippen molar-refractivity contribution in [3.05, 3.63) is 52.2 Å². The summed E-state index contributed by atoms with van der Waals surface area (Å²) in [5, 5.41) is 1.29. The number of thiophene rings is 1. The summed E-state index contributed by atoms with van der Waals surface area (Å²) in [5.74, 6) is 2.54. The van der Waals surface area contributed by atoms with Crippen molar-refractivity contribution < 1.29 is 4.79 Å². The zero-order valence-electron chi connectivity index (χ0n) is 20.7. The van der Waals surface area contributed by atoms with E-state index < -0.39 is 0 Å². The van der Waals surface area contributed by atoms with Crippen LogP contribution in [0.5, 0.6) is 0 Å². The van der Waals surface area contributed by atoms with Crippen molar-refractivity contribution in [3.63, 3.8) is 0 Å². The highest BCUT2D eigenvalue weighted by Crippen LogP contribution is 2.40. The monoisotopic (exact) mass is 476 g/mol. The van der Waals surface area contributed by atoms with E-state index in [0.717, 1.165) is 61.1 Å². The molecule has 0 bridgehead atoms. The van der Waals surface area contributed by atoms with Crippen molar-refractivity contribution in [2.24, 2.45) is 0 Å². The maximum atomic E-state index is 13.4. The van der Waals surface area contributed by atoms with Crippen LogP contribution in [0.15, 0.2) is 30.3 Å². The number of carbonyl (C=O) groups excluding carboxylic acids is 1. The fourth-order valence-corrected chi connectivity index (χ4v) is 6.68. The zero-order chi connectivity index (χ0) is 23.7. The third-order valence-electron chi connectivity index (χ3n) is 7.38. The molecule has 0 spiro atoms. The Bertz CT molecular complexity index is 1150. The fourth-order valence-electron chi connectivity index (χ4n) is 5.42. The van der Waals surface area contributed by atoms with E-state index in [4.69, 9.17) is 9.97 Å². The largest absolute Gasteiger partial charge is 0.352 e. The van der Waals surface area contributed by atoms with Crippen molar-refractivity contribution in [1.82, 2.24) is 14.9 Å². The van der Waals surface area contributed by atoms with Gasteiger partial charge in [-0.15, -0.1) is 11.3 Å². The van der Waals surface area contributed by atoms with E-state index in [0.29, 0.717) is 5.92 Å². The van der Waals surface area contributed by atoms with E-state index in [1.54, 1.807) is 0 Å². The Labute approximate surface area is 207 Å². The van der Waals surface area contributed by atoms with Gasteiger partial charge in [-0.05, 0) is 43.2 Å². The van der Waals surface area contributed by atoms with Gasteiger partial charge in [-0.1, -0.05) is 57.5 Å². The van der Waals surface area contributed by atoms with Crippen LogP contribution in [0, 0.1) is 0 Å². The summed E-state index contributed by atoms with van der Waals surface area (Å²) in [6.45, 7) is 9.60. The molecular formula is C28H36N4OS. The third kappa shape index (κ3) is 4.45. The molecule has 1 amide bonds. The van der Waals surface area contributed by atoms with Gasteiger partial charge >= 0.3 is 0 Å². The summed E-state index contributed by atoms with van der Waals surface area (Å²) in [6, 6.07) is 10.2. The van der Waals surface area contributed by atoms with Crippen molar-refractivity contribution >= 4 is 33.3 Å². The lowest BCUT2D eigenvalue weighted by Gasteiger charge is -2.37. The number of hydrogen-bond donors (Lipinski definition) is 0. The van der Waals surface area contributed by atoms with E-state index in [-0.39, 0.29) is 11.8 Å². The van der Waals surface area contributed by atoms with Gasteiger partial charge in [0, 0.05) is 37.0 Å². The molecule has 34 heavy (non-hydrogen) atoms. The molecule has 0 saturated carbocycles. The highest BCUT2D eigenvalue weighted by molar-refractivity contribution is 7.19. The van der Waals surface area contributed by atoms with Crippen molar-refractivity contribution in [3.8, 4) is 0 Å². The number of aromatic nitrogens is 2. The number of aryl methyl sites for hydroxylation is 2. The van der Waals surface area contributed by atoms with Crippen LogP contribution in [-0.4, -0.2) is 47.0 Å². The fraction of sp³-hybridized carbons (Fsp3) is 0.536. The average Bonchev–Trinajstić information content (AvgIpc) is 3.05. The normalized spacial score (nSPS) is 17.6. The molecule has 6 heteroatoms. The molecule has 1 unspecified atom stereocenters. The Morgan fingerprint density at radius 3 is 2.44 bits per heavy atom. The second-order valence-electron chi connectivity index (χ2n) is 9.99. The van der Waals surface area contributed by atoms with Crippen molar-refractivity contribution in [1.29, 1.82) is 0 Å². The van der Waals surface area contributed by atoms with Gasteiger partial charge in [0.1, 0.15) is 16.5 Å². The van der Waals surface area contributed by atoms with Gasteiger partial charge in [0.25, 0.3) is 0 Å². The lowest BCUT2D eigenvalue weighted by Crippen LogP contribution is -2.50. The topological polar surface area (TPSA) is 49.3 Å².